The fourth-order valence-corrected chi connectivity index (χ4v) is 3.28. The third-order valence-corrected chi connectivity index (χ3v) is 5.15. The Kier molecular flexibility index (Phi) is 10.6. The molecule has 32 heavy (non-hydrogen) atoms. The van der Waals surface area contributed by atoms with Gasteiger partial charge >= 0.3 is 0 Å². The summed E-state index contributed by atoms with van der Waals surface area (Å²) in [6.07, 6.45) is 1.74. The van der Waals surface area contributed by atoms with Gasteiger partial charge in [-0.25, -0.2) is 14.4 Å². The molecule has 1 aliphatic heterocycles. The van der Waals surface area contributed by atoms with E-state index in [9.17, 15) is 4.39 Å². The van der Waals surface area contributed by atoms with Gasteiger partial charge in [-0.15, -0.1) is 24.0 Å². The molecule has 0 unspecified atom stereocenters. The molecule has 1 fully saturated rings. The number of hydrogen-bond donors (Lipinski definition) is 2. The Hall–Kier alpha value is -1.98. The standard InChI is InChI=1S/C23H32FN5O2.HI/c1-4-25-22(28-17-23(2,3)29-11-13-30-14-12-29)27-16-18-5-10-21(26-15-18)31-20-8-6-19(24)7-9-20;/h5-10,15H,4,11-14,16-17H2,1-3H3,(H2,25,27,28);1H. The largest absolute Gasteiger partial charge is 0.439 e. The molecule has 0 bridgehead atoms. The van der Waals surface area contributed by atoms with Crippen LogP contribution in [0.5, 0.6) is 11.6 Å². The number of ether oxygens (including phenoxy) is 2. The third kappa shape index (κ3) is 8.18. The van der Waals surface area contributed by atoms with Gasteiger partial charge in [-0.05, 0) is 50.6 Å². The van der Waals surface area contributed by atoms with Crippen molar-refractivity contribution >= 4 is 29.9 Å². The van der Waals surface area contributed by atoms with Crippen molar-refractivity contribution in [1.29, 1.82) is 0 Å². The Labute approximate surface area is 206 Å². The van der Waals surface area contributed by atoms with Gasteiger partial charge < -0.3 is 20.1 Å². The van der Waals surface area contributed by atoms with E-state index in [1.165, 1.54) is 12.1 Å². The summed E-state index contributed by atoms with van der Waals surface area (Å²) < 4.78 is 24.1. The van der Waals surface area contributed by atoms with Gasteiger partial charge in [0.05, 0.1) is 19.8 Å². The minimum Gasteiger partial charge on any atom is -0.439 e. The average molecular weight is 557 g/mol. The molecule has 2 aromatic rings. The van der Waals surface area contributed by atoms with Crippen molar-refractivity contribution in [2.45, 2.75) is 32.9 Å². The van der Waals surface area contributed by atoms with Crippen LogP contribution in [0.1, 0.15) is 26.3 Å². The minimum absolute atomic E-state index is 0. The van der Waals surface area contributed by atoms with Crippen molar-refractivity contribution < 1.29 is 13.9 Å². The molecule has 0 radical (unpaired) electrons. The van der Waals surface area contributed by atoms with Crippen LogP contribution in [-0.4, -0.2) is 60.8 Å². The van der Waals surface area contributed by atoms with E-state index in [2.05, 4.69) is 39.4 Å². The zero-order chi connectivity index (χ0) is 22.1. The zero-order valence-electron chi connectivity index (χ0n) is 18.9. The number of aromatic nitrogens is 1. The molecule has 0 aliphatic carbocycles. The summed E-state index contributed by atoms with van der Waals surface area (Å²) in [4.78, 5) is 11.4. The molecule has 0 saturated carbocycles. The van der Waals surface area contributed by atoms with E-state index in [0.717, 1.165) is 50.9 Å². The van der Waals surface area contributed by atoms with E-state index < -0.39 is 0 Å². The summed E-state index contributed by atoms with van der Waals surface area (Å²) in [6, 6.07) is 9.57. The Morgan fingerprint density at radius 2 is 1.88 bits per heavy atom. The fraction of sp³-hybridized carbons (Fsp3) is 0.478. The van der Waals surface area contributed by atoms with Crippen molar-refractivity contribution in [1.82, 2.24) is 20.5 Å². The molecule has 1 aliphatic rings. The molecular weight excluding hydrogens is 524 g/mol. The molecule has 3 rings (SSSR count). The minimum atomic E-state index is -0.299. The predicted molar refractivity (Wildman–Crippen MR) is 135 cm³/mol. The van der Waals surface area contributed by atoms with Crippen molar-refractivity contribution in [3.8, 4) is 11.6 Å². The molecule has 1 aromatic heterocycles. The van der Waals surface area contributed by atoms with Gasteiger partial charge in [-0.1, -0.05) is 6.07 Å². The first-order chi connectivity index (χ1) is 15.0. The van der Waals surface area contributed by atoms with Crippen LogP contribution in [0.3, 0.4) is 0 Å². The van der Waals surface area contributed by atoms with Gasteiger partial charge in [0.25, 0.3) is 0 Å². The van der Waals surface area contributed by atoms with E-state index in [0.29, 0.717) is 18.2 Å². The maximum absolute atomic E-state index is 13.0. The molecule has 2 N–H and O–H groups in total. The lowest BCUT2D eigenvalue weighted by Gasteiger charge is -2.41. The summed E-state index contributed by atoms with van der Waals surface area (Å²) in [5, 5.41) is 6.75. The quantitative estimate of drug-likeness (QED) is 0.293. The van der Waals surface area contributed by atoms with Gasteiger partial charge in [-0.3, -0.25) is 4.90 Å². The third-order valence-electron chi connectivity index (χ3n) is 5.15. The molecule has 1 saturated heterocycles. The average Bonchev–Trinajstić information content (AvgIpc) is 2.79. The van der Waals surface area contributed by atoms with E-state index in [4.69, 9.17) is 9.47 Å². The maximum Gasteiger partial charge on any atom is 0.219 e. The Morgan fingerprint density at radius 1 is 1.16 bits per heavy atom. The molecule has 2 heterocycles. The first-order valence-electron chi connectivity index (χ1n) is 10.7. The van der Waals surface area contributed by atoms with Gasteiger partial charge in [0.15, 0.2) is 5.96 Å². The maximum atomic E-state index is 13.0. The number of nitrogens with zero attached hydrogens (tertiary/aromatic N) is 3. The first kappa shape index (κ1) is 26.3. The van der Waals surface area contributed by atoms with Crippen molar-refractivity contribution in [3.05, 3.63) is 54.0 Å². The zero-order valence-corrected chi connectivity index (χ0v) is 21.3. The van der Waals surface area contributed by atoms with Crippen LogP contribution >= 0.6 is 24.0 Å². The summed E-state index contributed by atoms with van der Waals surface area (Å²) in [5.41, 5.74) is 0.969. The Bertz CT molecular complexity index is 840. The number of nitrogens with one attached hydrogen (secondary N) is 2. The monoisotopic (exact) mass is 557 g/mol. The van der Waals surface area contributed by atoms with Crippen molar-refractivity contribution in [2.24, 2.45) is 4.99 Å². The van der Waals surface area contributed by atoms with Gasteiger partial charge in [0, 0.05) is 44.0 Å². The lowest BCUT2D eigenvalue weighted by Crippen LogP contribution is -2.56. The normalized spacial score (nSPS) is 15.1. The number of rotatable bonds is 8. The van der Waals surface area contributed by atoms with Crippen LogP contribution in [0.2, 0.25) is 0 Å². The van der Waals surface area contributed by atoms with Crippen LogP contribution in [-0.2, 0) is 11.3 Å². The molecule has 9 heteroatoms. The van der Waals surface area contributed by atoms with Gasteiger partial charge in [0.2, 0.25) is 5.88 Å². The first-order valence-corrected chi connectivity index (χ1v) is 10.7. The number of pyridine rings is 1. The molecule has 0 atom stereocenters. The van der Waals surface area contributed by atoms with E-state index in [1.807, 2.05) is 13.0 Å². The summed E-state index contributed by atoms with van der Waals surface area (Å²) in [6.45, 7) is 12.0. The number of benzene rings is 1. The molecule has 176 valence electrons. The fourth-order valence-electron chi connectivity index (χ4n) is 3.28. The molecule has 1 aromatic carbocycles. The molecule has 0 amide bonds. The Balaban J connectivity index is 0.00000363. The van der Waals surface area contributed by atoms with Crippen LogP contribution in [0.25, 0.3) is 0 Å². The second-order valence-electron chi connectivity index (χ2n) is 8.02. The predicted octanol–water partition coefficient (Wildman–Crippen LogP) is 3.80. The number of morpholine rings is 1. The van der Waals surface area contributed by atoms with Crippen LogP contribution < -0.4 is 15.4 Å². The number of guanidine groups is 1. The SMILES string of the molecule is CCNC(=NCc1ccc(Oc2ccc(F)cc2)nc1)NCC(C)(C)N1CCOCC1.I. The second kappa shape index (κ2) is 12.9. The lowest BCUT2D eigenvalue weighted by atomic mass is 10.0. The highest BCUT2D eigenvalue weighted by atomic mass is 127. The van der Waals surface area contributed by atoms with E-state index in [1.54, 1.807) is 24.4 Å². The van der Waals surface area contributed by atoms with Crippen LogP contribution in [0, 0.1) is 5.82 Å². The highest BCUT2D eigenvalue weighted by molar-refractivity contribution is 14.0. The number of halogens is 2. The Morgan fingerprint density at radius 3 is 2.50 bits per heavy atom. The van der Waals surface area contributed by atoms with Gasteiger partial charge in [0.1, 0.15) is 11.6 Å². The highest BCUT2D eigenvalue weighted by Crippen LogP contribution is 2.20. The van der Waals surface area contributed by atoms with Crippen LogP contribution in [0.4, 0.5) is 4.39 Å². The van der Waals surface area contributed by atoms with Crippen LogP contribution in [0.15, 0.2) is 47.6 Å². The van der Waals surface area contributed by atoms with Gasteiger partial charge in [-0.2, -0.15) is 0 Å². The summed E-state index contributed by atoms with van der Waals surface area (Å²) >= 11 is 0. The van der Waals surface area contributed by atoms with E-state index in [-0.39, 0.29) is 35.3 Å². The highest BCUT2D eigenvalue weighted by Gasteiger charge is 2.28. The smallest absolute Gasteiger partial charge is 0.219 e. The van der Waals surface area contributed by atoms with E-state index >= 15 is 0 Å². The second-order valence-corrected chi connectivity index (χ2v) is 8.02. The number of aliphatic imine (C=N–C) groups is 1. The number of hydrogen-bond acceptors (Lipinski definition) is 5. The molecular formula is C23H33FIN5O2. The van der Waals surface area contributed by atoms with Crippen molar-refractivity contribution in [2.75, 3.05) is 39.4 Å². The molecule has 7 nitrogen and oxygen atoms in total. The summed E-state index contributed by atoms with van der Waals surface area (Å²) in [5.74, 6) is 1.47. The van der Waals surface area contributed by atoms with Crippen molar-refractivity contribution in [3.63, 3.8) is 0 Å². The summed E-state index contributed by atoms with van der Waals surface area (Å²) in [7, 11) is 0. The lowest BCUT2D eigenvalue weighted by molar-refractivity contribution is -0.00834. The molecule has 0 spiro atoms. The topological polar surface area (TPSA) is 71.0 Å².